The van der Waals surface area contributed by atoms with Crippen molar-refractivity contribution in [1.29, 1.82) is 0 Å². The molecule has 1 aromatic rings. The molecular formula is C16H22F4N4. The van der Waals surface area contributed by atoms with Gasteiger partial charge in [0.1, 0.15) is 12.0 Å². The second-order valence-corrected chi connectivity index (χ2v) is 6.51. The lowest BCUT2D eigenvalue weighted by Gasteiger charge is -2.33. The zero-order valence-electron chi connectivity index (χ0n) is 13.3. The normalized spacial score (nSPS) is 26.1. The molecule has 0 saturated carbocycles. The van der Waals surface area contributed by atoms with E-state index in [-0.39, 0.29) is 6.04 Å². The Morgan fingerprint density at radius 2 is 2.00 bits per heavy atom. The van der Waals surface area contributed by atoms with Gasteiger partial charge in [-0.2, -0.15) is 13.2 Å². The number of anilines is 1. The van der Waals surface area contributed by atoms with Crippen LogP contribution in [0.1, 0.15) is 24.8 Å². The Kier molecular flexibility index (Phi) is 5.24. The Balaban J connectivity index is 1.45. The van der Waals surface area contributed by atoms with Gasteiger partial charge in [-0.1, -0.05) is 0 Å². The molecule has 134 valence electrons. The van der Waals surface area contributed by atoms with Gasteiger partial charge in [0.15, 0.2) is 0 Å². The molecule has 3 rings (SSSR count). The number of halogens is 4. The highest BCUT2D eigenvalue weighted by atomic mass is 19.4. The van der Waals surface area contributed by atoms with Crippen LogP contribution >= 0.6 is 0 Å². The minimum absolute atomic E-state index is 0.189. The van der Waals surface area contributed by atoms with Crippen molar-refractivity contribution in [1.82, 2.24) is 15.6 Å². The first kappa shape index (κ1) is 17.4. The first-order chi connectivity index (χ1) is 11.4. The van der Waals surface area contributed by atoms with E-state index in [2.05, 4.69) is 15.6 Å². The van der Waals surface area contributed by atoms with Crippen molar-refractivity contribution in [3.8, 4) is 0 Å². The van der Waals surface area contributed by atoms with Crippen LogP contribution in [0.3, 0.4) is 0 Å². The average Bonchev–Trinajstić information content (AvgIpc) is 2.98. The Labute approximate surface area is 138 Å². The SMILES string of the molecule is F[C@@H]1CN[C@H](CNC2CCN(c3ccc(C(F)(F)F)cn3)CC2)C1. The quantitative estimate of drug-likeness (QED) is 0.821. The average molecular weight is 346 g/mol. The van der Waals surface area contributed by atoms with Gasteiger partial charge in [-0.25, -0.2) is 9.37 Å². The van der Waals surface area contributed by atoms with E-state index in [0.717, 1.165) is 44.7 Å². The zero-order valence-corrected chi connectivity index (χ0v) is 13.3. The fourth-order valence-corrected chi connectivity index (χ4v) is 3.29. The van der Waals surface area contributed by atoms with Crippen molar-refractivity contribution < 1.29 is 17.6 Å². The molecule has 3 heterocycles. The Hall–Kier alpha value is -1.41. The van der Waals surface area contributed by atoms with E-state index < -0.39 is 17.9 Å². The summed E-state index contributed by atoms with van der Waals surface area (Å²) in [5.74, 6) is 0.583. The third-order valence-corrected chi connectivity index (χ3v) is 4.72. The second-order valence-electron chi connectivity index (χ2n) is 6.51. The van der Waals surface area contributed by atoms with Gasteiger partial charge in [-0.15, -0.1) is 0 Å². The van der Waals surface area contributed by atoms with E-state index in [4.69, 9.17) is 0 Å². The van der Waals surface area contributed by atoms with E-state index in [0.29, 0.717) is 24.8 Å². The summed E-state index contributed by atoms with van der Waals surface area (Å²) in [6, 6.07) is 3.05. The maximum Gasteiger partial charge on any atom is 0.417 e. The number of aromatic nitrogens is 1. The molecule has 2 fully saturated rings. The summed E-state index contributed by atoms with van der Waals surface area (Å²) in [6.07, 6.45) is -1.86. The standard InChI is InChI=1S/C16H22F4N4/c17-12-7-14(21-9-12)10-22-13-3-5-24(6-4-13)15-2-1-11(8-23-15)16(18,19)20/h1-2,8,12-14,21-22H,3-7,9-10H2/t12-,14-/m0/s1. The number of rotatable bonds is 4. The van der Waals surface area contributed by atoms with Gasteiger partial charge in [-0.3, -0.25) is 0 Å². The van der Waals surface area contributed by atoms with Crippen LogP contribution in [0, 0.1) is 0 Å². The highest BCUT2D eigenvalue weighted by Gasteiger charge is 2.31. The van der Waals surface area contributed by atoms with Crippen molar-refractivity contribution in [2.75, 3.05) is 31.1 Å². The molecule has 2 N–H and O–H groups in total. The molecule has 2 aliphatic rings. The number of alkyl halides is 4. The molecule has 2 saturated heterocycles. The maximum atomic E-state index is 13.1. The summed E-state index contributed by atoms with van der Waals surface area (Å²) in [5, 5.41) is 6.61. The molecular weight excluding hydrogens is 324 g/mol. The topological polar surface area (TPSA) is 40.2 Å². The predicted molar refractivity (Wildman–Crippen MR) is 83.8 cm³/mol. The Morgan fingerprint density at radius 3 is 2.54 bits per heavy atom. The van der Waals surface area contributed by atoms with Gasteiger partial charge < -0.3 is 15.5 Å². The van der Waals surface area contributed by atoms with Gasteiger partial charge in [0.2, 0.25) is 0 Å². The fraction of sp³-hybridized carbons (Fsp3) is 0.688. The van der Waals surface area contributed by atoms with Crippen molar-refractivity contribution in [2.24, 2.45) is 0 Å². The molecule has 0 radical (unpaired) electrons. The van der Waals surface area contributed by atoms with Crippen LogP contribution < -0.4 is 15.5 Å². The highest BCUT2D eigenvalue weighted by molar-refractivity contribution is 5.40. The highest BCUT2D eigenvalue weighted by Crippen LogP contribution is 2.29. The smallest absolute Gasteiger partial charge is 0.357 e. The van der Waals surface area contributed by atoms with Gasteiger partial charge in [0.05, 0.1) is 5.56 Å². The minimum atomic E-state index is -4.35. The van der Waals surface area contributed by atoms with Crippen LogP contribution in [0.15, 0.2) is 18.3 Å². The summed E-state index contributed by atoms with van der Waals surface area (Å²) in [7, 11) is 0. The summed E-state index contributed by atoms with van der Waals surface area (Å²) in [4.78, 5) is 5.95. The van der Waals surface area contributed by atoms with Crippen LogP contribution in [0.5, 0.6) is 0 Å². The van der Waals surface area contributed by atoms with Crippen molar-refractivity contribution in [3.63, 3.8) is 0 Å². The summed E-state index contributed by atoms with van der Waals surface area (Å²) < 4.78 is 50.8. The van der Waals surface area contributed by atoms with Gasteiger partial charge >= 0.3 is 6.18 Å². The summed E-state index contributed by atoms with van der Waals surface area (Å²) in [5.41, 5.74) is -0.724. The fourth-order valence-electron chi connectivity index (χ4n) is 3.29. The lowest BCUT2D eigenvalue weighted by molar-refractivity contribution is -0.137. The van der Waals surface area contributed by atoms with Crippen molar-refractivity contribution in [3.05, 3.63) is 23.9 Å². The number of pyridine rings is 1. The predicted octanol–water partition coefficient (Wildman–Crippen LogP) is 2.36. The van der Waals surface area contributed by atoms with E-state index in [1.807, 2.05) is 4.90 Å². The number of nitrogens with zero attached hydrogens (tertiary/aromatic N) is 2. The van der Waals surface area contributed by atoms with Crippen molar-refractivity contribution in [2.45, 2.75) is 43.7 Å². The third kappa shape index (κ3) is 4.36. The molecule has 0 unspecified atom stereocenters. The summed E-state index contributed by atoms with van der Waals surface area (Å²) >= 11 is 0. The van der Waals surface area contributed by atoms with Crippen LogP contribution in [-0.2, 0) is 6.18 Å². The number of nitrogens with one attached hydrogen (secondary N) is 2. The van der Waals surface area contributed by atoms with E-state index in [1.54, 1.807) is 0 Å². The summed E-state index contributed by atoms with van der Waals surface area (Å²) in [6.45, 7) is 2.69. The van der Waals surface area contributed by atoms with Crippen LogP contribution in [0.4, 0.5) is 23.4 Å². The third-order valence-electron chi connectivity index (χ3n) is 4.72. The number of hydrogen-bond donors (Lipinski definition) is 2. The number of piperidine rings is 1. The lowest BCUT2D eigenvalue weighted by atomic mass is 10.0. The van der Waals surface area contributed by atoms with Crippen molar-refractivity contribution >= 4 is 5.82 Å². The molecule has 0 spiro atoms. The van der Waals surface area contributed by atoms with Crippen LogP contribution in [0.25, 0.3) is 0 Å². The van der Waals surface area contributed by atoms with E-state index >= 15 is 0 Å². The molecule has 24 heavy (non-hydrogen) atoms. The van der Waals surface area contributed by atoms with Crippen LogP contribution in [0.2, 0.25) is 0 Å². The van der Waals surface area contributed by atoms with Gasteiger partial charge in [-0.05, 0) is 31.4 Å². The molecule has 2 atom stereocenters. The first-order valence-corrected chi connectivity index (χ1v) is 8.31. The molecule has 0 aliphatic carbocycles. The van der Waals surface area contributed by atoms with Gasteiger partial charge in [0.25, 0.3) is 0 Å². The van der Waals surface area contributed by atoms with E-state index in [1.165, 1.54) is 6.07 Å². The van der Waals surface area contributed by atoms with E-state index in [9.17, 15) is 17.6 Å². The molecule has 0 aromatic carbocycles. The molecule has 8 heteroatoms. The first-order valence-electron chi connectivity index (χ1n) is 8.31. The lowest BCUT2D eigenvalue weighted by Crippen LogP contribution is -2.46. The Morgan fingerprint density at radius 1 is 1.25 bits per heavy atom. The monoisotopic (exact) mass is 346 g/mol. The molecule has 0 bridgehead atoms. The Bertz CT molecular complexity index is 526. The number of hydrogen-bond acceptors (Lipinski definition) is 4. The van der Waals surface area contributed by atoms with Crippen LogP contribution in [-0.4, -0.2) is 49.4 Å². The largest absolute Gasteiger partial charge is 0.417 e. The second kappa shape index (κ2) is 7.23. The maximum absolute atomic E-state index is 13.1. The minimum Gasteiger partial charge on any atom is -0.357 e. The molecule has 1 aromatic heterocycles. The molecule has 4 nitrogen and oxygen atoms in total. The molecule has 2 aliphatic heterocycles. The van der Waals surface area contributed by atoms with Gasteiger partial charge in [0, 0.05) is 44.5 Å². The molecule has 0 amide bonds. The zero-order chi connectivity index (χ0) is 17.2.